The van der Waals surface area contributed by atoms with Crippen molar-refractivity contribution in [3.05, 3.63) is 41.3 Å². The molecule has 0 atom stereocenters. The molecule has 58 valence electrons. The van der Waals surface area contributed by atoms with Gasteiger partial charge in [-0.1, -0.05) is 24.3 Å². The molecule has 0 spiro atoms. The van der Waals surface area contributed by atoms with Crippen LogP contribution >= 0.6 is 0 Å². The van der Waals surface area contributed by atoms with E-state index in [2.05, 4.69) is 0 Å². The standard InChI is InChI=1S/C9H10O2/c1-7-4-2-3-5-8(7)6-9(10)11/h2-6,10-11H,1H3. The summed E-state index contributed by atoms with van der Waals surface area (Å²) in [6, 6.07) is 7.49. The van der Waals surface area contributed by atoms with Crippen LogP contribution in [-0.4, -0.2) is 10.2 Å². The normalized spacial score (nSPS) is 9.18. The summed E-state index contributed by atoms with van der Waals surface area (Å²) in [5.41, 5.74) is 1.85. The van der Waals surface area contributed by atoms with E-state index in [1.165, 1.54) is 6.08 Å². The van der Waals surface area contributed by atoms with E-state index in [9.17, 15) is 0 Å². The van der Waals surface area contributed by atoms with Gasteiger partial charge in [0.2, 0.25) is 0 Å². The molecule has 0 saturated heterocycles. The van der Waals surface area contributed by atoms with Crippen molar-refractivity contribution in [2.45, 2.75) is 6.92 Å². The van der Waals surface area contributed by atoms with Gasteiger partial charge in [-0.25, -0.2) is 0 Å². The van der Waals surface area contributed by atoms with Crippen molar-refractivity contribution in [1.82, 2.24) is 0 Å². The third-order valence-electron chi connectivity index (χ3n) is 1.47. The van der Waals surface area contributed by atoms with Crippen molar-refractivity contribution in [2.75, 3.05) is 0 Å². The minimum Gasteiger partial charge on any atom is -0.481 e. The van der Waals surface area contributed by atoms with Gasteiger partial charge in [0.1, 0.15) is 0 Å². The Morgan fingerprint density at radius 3 is 2.45 bits per heavy atom. The van der Waals surface area contributed by atoms with E-state index in [-0.39, 0.29) is 0 Å². The van der Waals surface area contributed by atoms with Crippen LogP contribution in [0.1, 0.15) is 11.1 Å². The van der Waals surface area contributed by atoms with Gasteiger partial charge in [-0.05, 0) is 18.1 Å². The molecule has 0 amide bonds. The summed E-state index contributed by atoms with van der Waals surface area (Å²) in [6.45, 7) is 1.91. The molecule has 0 fully saturated rings. The Hall–Kier alpha value is -1.44. The highest BCUT2D eigenvalue weighted by atomic mass is 16.5. The summed E-state index contributed by atoms with van der Waals surface area (Å²) in [4.78, 5) is 0. The monoisotopic (exact) mass is 150 g/mol. The molecule has 2 heteroatoms. The second-order valence-corrected chi connectivity index (χ2v) is 2.36. The van der Waals surface area contributed by atoms with Gasteiger partial charge in [0.05, 0.1) is 0 Å². The molecule has 1 aromatic rings. The van der Waals surface area contributed by atoms with Crippen molar-refractivity contribution in [2.24, 2.45) is 0 Å². The van der Waals surface area contributed by atoms with Crippen LogP contribution in [0.15, 0.2) is 30.2 Å². The molecule has 0 aliphatic heterocycles. The predicted octanol–water partition coefficient (Wildman–Crippen LogP) is 2.41. The Balaban J connectivity index is 3.04. The van der Waals surface area contributed by atoms with Crippen LogP contribution in [0.4, 0.5) is 0 Å². The first-order valence-corrected chi connectivity index (χ1v) is 3.35. The van der Waals surface area contributed by atoms with Crippen molar-refractivity contribution in [1.29, 1.82) is 0 Å². The molecule has 0 unspecified atom stereocenters. The Labute approximate surface area is 65.4 Å². The summed E-state index contributed by atoms with van der Waals surface area (Å²) in [5.74, 6) is -0.653. The lowest BCUT2D eigenvalue weighted by Crippen LogP contribution is -1.81. The summed E-state index contributed by atoms with van der Waals surface area (Å²) in [6.07, 6.45) is 1.31. The van der Waals surface area contributed by atoms with E-state index >= 15 is 0 Å². The van der Waals surface area contributed by atoms with Gasteiger partial charge in [0.15, 0.2) is 0 Å². The number of rotatable bonds is 1. The van der Waals surface area contributed by atoms with E-state index in [1.54, 1.807) is 0 Å². The lowest BCUT2D eigenvalue weighted by molar-refractivity contribution is 0.197. The Morgan fingerprint density at radius 1 is 1.27 bits per heavy atom. The molecule has 0 aliphatic rings. The van der Waals surface area contributed by atoms with Crippen molar-refractivity contribution >= 4 is 6.08 Å². The second kappa shape index (κ2) is 3.10. The quantitative estimate of drug-likeness (QED) is 0.603. The van der Waals surface area contributed by atoms with E-state index < -0.39 is 5.95 Å². The topological polar surface area (TPSA) is 40.5 Å². The van der Waals surface area contributed by atoms with Crippen molar-refractivity contribution < 1.29 is 10.2 Å². The maximum Gasteiger partial charge on any atom is 0.274 e. The van der Waals surface area contributed by atoms with Crippen LogP contribution < -0.4 is 0 Å². The number of hydrogen-bond acceptors (Lipinski definition) is 2. The van der Waals surface area contributed by atoms with Gasteiger partial charge in [-0.15, -0.1) is 0 Å². The molecular weight excluding hydrogens is 140 g/mol. The van der Waals surface area contributed by atoms with E-state index in [1.807, 2.05) is 31.2 Å². The summed E-state index contributed by atoms with van der Waals surface area (Å²) >= 11 is 0. The maximum atomic E-state index is 8.55. The predicted molar refractivity (Wildman–Crippen MR) is 44.4 cm³/mol. The lowest BCUT2D eigenvalue weighted by atomic mass is 10.1. The van der Waals surface area contributed by atoms with Gasteiger partial charge in [0, 0.05) is 6.08 Å². The van der Waals surface area contributed by atoms with Crippen LogP contribution in [0.5, 0.6) is 0 Å². The SMILES string of the molecule is Cc1ccccc1C=C(O)O. The van der Waals surface area contributed by atoms with Crippen LogP contribution in [0.2, 0.25) is 0 Å². The van der Waals surface area contributed by atoms with E-state index in [4.69, 9.17) is 10.2 Å². The number of aliphatic hydroxyl groups is 2. The van der Waals surface area contributed by atoms with Gasteiger partial charge in [-0.2, -0.15) is 0 Å². The van der Waals surface area contributed by atoms with Crippen LogP contribution in [0, 0.1) is 6.92 Å². The smallest absolute Gasteiger partial charge is 0.274 e. The molecule has 1 rings (SSSR count). The third kappa shape index (κ3) is 2.00. The van der Waals surface area contributed by atoms with Crippen LogP contribution in [0.25, 0.3) is 6.08 Å². The number of hydrogen-bond donors (Lipinski definition) is 2. The molecule has 2 nitrogen and oxygen atoms in total. The summed E-state index contributed by atoms with van der Waals surface area (Å²) < 4.78 is 0. The van der Waals surface area contributed by atoms with Gasteiger partial charge < -0.3 is 10.2 Å². The first-order valence-electron chi connectivity index (χ1n) is 3.35. The Bertz CT molecular complexity index is 273. The zero-order valence-corrected chi connectivity index (χ0v) is 6.28. The minimum absolute atomic E-state index is 0.653. The van der Waals surface area contributed by atoms with Crippen LogP contribution in [0.3, 0.4) is 0 Å². The van der Waals surface area contributed by atoms with Gasteiger partial charge >= 0.3 is 0 Å². The largest absolute Gasteiger partial charge is 0.481 e. The zero-order chi connectivity index (χ0) is 8.27. The molecule has 0 bridgehead atoms. The summed E-state index contributed by atoms with van der Waals surface area (Å²) in [5, 5.41) is 17.1. The fourth-order valence-electron chi connectivity index (χ4n) is 0.888. The number of benzene rings is 1. The van der Waals surface area contributed by atoms with Crippen molar-refractivity contribution in [3.63, 3.8) is 0 Å². The number of aryl methyl sites for hydroxylation is 1. The average Bonchev–Trinajstić information content (AvgIpc) is 1.93. The molecule has 0 radical (unpaired) electrons. The zero-order valence-electron chi connectivity index (χ0n) is 6.28. The van der Waals surface area contributed by atoms with Crippen LogP contribution in [-0.2, 0) is 0 Å². The highest BCUT2D eigenvalue weighted by Crippen LogP contribution is 2.09. The molecule has 2 N–H and O–H groups in total. The lowest BCUT2D eigenvalue weighted by Gasteiger charge is -1.97. The fraction of sp³-hybridized carbons (Fsp3) is 0.111. The molecular formula is C9H10O2. The first-order chi connectivity index (χ1) is 5.20. The summed E-state index contributed by atoms with van der Waals surface area (Å²) in [7, 11) is 0. The molecule has 0 heterocycles. The third-order valence-corrected chi connectivity index (χ3v) is 1.47. The highest BCUT2D eigenvalue weighted by molar-refractivity contribution is 5.53. The van der Waals surface area contributed by atoms with Crippen molar-refractivity contribution in [3.8, 4) is 0 Å². The van der Waals surface area contributed by atoms with Gasteiger partial charge in [-0.3, -0.25) is 0 Å². The Morgan fingerprint density at radius 2 is 1.91 bits per heavy atom. The first kappa shape index (κ1) is 7.66. The average molecular weight is 150 g/mol. The molecule has 11 heavy (non-hydrogen) atoms. The molecule has 0 aromatic heterocycles. The number of aliphatic hydroxyl groups excluding tert-OH is 1. The van der Waals surface area contributed by atoms with Gasteiger partial charge in [0.25, 0.3) is 5.95 Å². The molecule has 1 aromatic carbocycles. The molecule has 0 aliphatic carbocycles. The maximum absolute atomic E-state index is 8.55. The minimum atomic E-state index is -0.653. The fourth-order valence-corrected chi connectivity index (χ4v) is 0.888. The highest BCUT2D eigenvalue weighted by Gasteiger charge is 1.93. The van der Waals surface area contributed by atoms with E-state index in [0.717, 1.165) is 11.1 Å². The Kier molecular flexibility index (Phi) is 2.16. The molecule has 0 saturated carbocycles. The van der Waals surface area contributed by atoms with E-state index in [0.29, 0.717) is 0 Å². The second-order valence-electron chi connectivity index (χ2n) is 2.36.